The van der Waals surface area contributed by atoms with Gasteiger partial charge in [-0.3, -0.25) is 4.90 Å². The van der Waals surface area contributed by atoms with Gasteiger partial charge in [-0.15, -0.1) is 0 Å². The Kier molecular flexibility index (Phi) is 5.43. The molecule has 2 nitrogen and oxygen atoms in total. The molecule has 1 saturated carbocycles. The van der Waals surface area contributed by atoms with Crippen LogP contribution in [0.4, 0.5) is 0 Å². The molecule has 1 fully saturated rings. The quantitative estimate of drug-likeness (QED) is 0.850. The molecule has 0 spiro atoms. The van der Waals surface area contributed by atoms with E-state index in [1.165, 1.54) is 48.6 Å². The lowest BCUT2D eigenvalue weighted by Gasteiger charge is -2.41. The summed E-state index contributed by atoms with van der Waals surface area (Å²) >= 11 is 3.65. The Morgan fingerprint density at radius 2 is 1.79 bits per heavy atom. The number of likely N-dealkylation sites (N-methyl/N-ethyl adjacent to an activating group) is 1. The standard InChI is InChI=1S/C16H25BrN2/c1-19(12-14-8-4-5-9-15(14)17)16(13-18)10-6-2-3-7-11-16/h4-5,8-9H,2-3,6-7,10-13,18H2,1H3. The van der Waals surface area contributed by atoms with Gasteiger partial charge in [-0.25, -0.2) is 0 Å². The van der Waals surface area contributed by atoms with E-state index >= 15 is 0 Å². The molecule has 1 aromatic rings. The number of benzene rings is 1. The first kappa shape index (κ1) is 15.0. The van der Waals surface area contributed by atoms with Gasteiger partial charge >= 0.3 is 0 Å². The van der Waals surface area contributed by atoms with Crippen LogP contribution in [-0.2, 0) is 6.54 Å². The molecule has 19 heavy (non-hydrogen) atoms. The van der Waals surface area contributed by atoms with Crippen molar-refractivity contribution >= 4 is 15.9 Å². The second-order valence-corrected chi connectivity index (χ2v) is 6.64. The SMILES string of the molecule is CN(Cc1ccccc1Br)C1(CN)CCCCCC1. The maximum atomic E-state index is 6.15. The van der Waals surface area contributed by atoms with Crippen LogP contribution in [0.25, 0.3) is 0 Å². The van der Waals surface area contributed by atoms with Crippen molar-refractivity contribution in [3.05, 3.63) is 34.3 Å². The molecule has 0 heterocycles. The van der Waals surface area contributed by atoms with E-state index in [2.05, 4.69) is 52.1 Å². The molecule has 0 saturated heterocycles. The van der Waals surface area contributed by atoms with Crippen molar-refractivity contribution in [2.24, 2.45) is 5.73 Å². The molecular formula is C16H25BrN2. The highest BCUT2D eigenvalue weighted by molar-refractivity contribution is 9.10. The summed E-state index contributed by atoms with van der Waals surface area (Å²) in [5, 5.41) is 0. The molecule has 0 bridgehead atoms. The molecule has 0 amide bonds. The van der Waals surface area contributed by atoms with E-state index in [1.54, 1.807) is 0 Å². The minimum Gasteiger partial charge on any atom is -0.329 e. The molecular weight excluding hydrogens is 300 g/mol. The van der Waals surface area contributed by atoms with Crippen LogP contribution in [0.5, 0.6) is 0 Å². The van der Waals surface area contributed by atoms with Crippen molar-refractivity contribution in [2.45, 2.75) is 50.6 Å². The fourth-order valence-corrected chi connectivity index (χ4v) is 3.59. The summed E-state index contributed by atoms with van der Waals surface area (Å²) in [6, 6.07) is 8.49. The second kappa shape index (κ2) is 6.87. The molecule has 0 unspecified atom stereocenters. The molecule has 2 N–H and O–H groups in total. The number of halogens is 1. The first-order chi connectivity index (χ1) is 9.18. The second-order valence-electron chi connectivity index (χ2n) is 5.79. The van der Waals surface area contributed by atoms with Crippen LogP contribution in [-0.4, -0.2) is 24.0 Å². The highest BCUT2D eigenvalue weighted by Crippen LogP contribution is 2.32. The minimum atomic E-state index is 0.200. The van der Waals surface area contributed by atoms with Gasteiger partial charge in [0, 0.05) is 23.1 Å². The summed E-state index contributed by atoms with van der Waals surface area (Å²) in [5.74, 6) is 0. The van der Waals surface area contributed by atoms with Crippen molar-refractivity contribution in [3.8, 4) is 0 Å². The Morgan fingerprint density at radius 3 is 2.37 bits per heavy atom. The monoisotopic (exact) mass is 324 g/mol. The van der Waals surface area contributed by atoms with Gasteiger partial charge in [0.25, 0.3) is 0 Å². The van der Waals surface area contributed by atoms with Gasteiger partial charge < -0.3 is 5.73 Å². The van der Waals surface area contributed by atoms with Crippen molar-refractivity contribution in [1.82, 2.24) is 4.90 Å². The lowest BCUT2D eigenvalue weighted by atomic mass is 9.88. The lowest BCUT2D eigenvalue weighted by molar-refractivity contribution is 0.0995. The topological polar surface area (TPSA) is 29.3 Å². The van der Waals surface area contributed by atoms with Crippen LogP contribution in [0, 0.1) is 0 Å². The predicted octanol–water partition coefficient (Wildman–Crippen LogP) is 3.93. The average Bonchev–Trinajstić information content (AvgIpc) is 2.67. The van der Waals surface area contributed by atoms with Crippen LogP contribution in [0.2, 0.25) is 0 Å². The van der Waals surface area contributed by atoms with Gasteiger partial charge in [-0.1, -0.05) is 59.8 Å². The summed E-state index contributed by atoms with van der Waals surface area (Å²) in [7, 11) is 2.23. The zero-order chi connectivity index (χ0) is 13.7. The van der Waals surface area contributed by atoms with Crippen molar-refractivity contribution in [1.29, 1.82) is 0 Å². The maximum Gasteiger partial charge on any atom is 0.0332 e. The normalized spacial score (nSPS) is 19.4. The van der Waals surface area contributed by atoms with E-state index in [4.69, 9.17) is 5.73 Å². The van der Waals surface area contributed by atoms with E-state index in [-0.39, 0.29) is 5.54 Å². The Hall–Kier alpha value is -0.380. The highest BCUT2D eigenvalue weighted by Gasteiger charge is 2.33. The lowest BCUT2D eigenvalue weighted by Crippen LogP contribution is -2.51. The number of rotatable bonds is 4. The van der Waals surface area contributed by atoms with E-state index in [0.29, 0.717) is 0 Å². The van der Waals surface area contributed by atoms with Gasteiger partial charge in [-0.05, 0) is 31.5 Å². The van der Waals surface area contributed by atoms with E-state index in [9.17, 15) is 0 Å². The summed E-state index contributed by atoms with van der Waals surface area (Å²) in [6.07, 6.45) is 7.85. The molecule has 0 atom stereocenters. The third kappa shape index (κ3) is 3.59. The molecule has 1 aliphatic carbocycles. The molecule has 0 radical (unpaired) electrons. The van der Waals surface area contributed by atoms with E-state index in [0.717, 1.165) is 13.1 Å². The number of hydrogen-bond acceptors (Lipinski definition) is 2. The Labute approximate surface area is 125 Å². The summed E-state index contributed by atoms with van der Waals surface area (Å²) in [6.45, 7) is 1.74. The summed E-state index contributed by atoms with van der Waals surface area (Å²) in [4.78, 5) is 2.48. The number of nitrogens with zero attached hydrogens (tertiary/aromatic N) is 1. The summed E-state index contributed by atoms with van der Waals surface area (Å²) in [5.41, 5.74) is 7.70. The largest absolute Gasteiger partial charge is 0.329 e. The number of nitrogens with two attached hydrogens (primary N) is 1. The summed E-state index contributed by atoms with van der Waals surface area (Å²) < 4.78 is 1.20. The van der Waals surface area contributed by atoms with E-state index in [1.807, 2.05) is 0 Å². The molecule has 0 aliphatic heterocycles. The Balaban J connectivity index is 2.12. The Bertz CT molecular complexity index is 397. The zero-order valence-corrected chi connectivity index (χ0v) is 13.5. The smallest absolute Gasteiger partial charge is 0.0332 e. The van der Waals surface area contributed by atoms with Crippen LogP contribution in [0.15, 0.2) is 28.7 Å². The van der Waals surface area contributed by atoms with Crippen LogP contribution in [0.1, 0.15) is 44.1 Å². The van der Waals surface area contributed by atoms with E-state index < -0.39 is 0 Å². The van der Waals surface area contributed by atoms with Crippen molar-refractivity contribution in [3.63, 3.8) is 0 Å². The van der Waals surface area contributed by atoms with Gasteiger partial charge in [0.1, 0.15) is 0 Å². The van der Waals surface area contributed by atoms with Crippen LogP contribution in [0.3, 0.4) is 0 Å². The van der Waals surface area contributed by atoms with Crippen molar-refractivity contribution < 1.29 is 0 Å². The van der Waals surface area contributed by atoms with Gasteiger partial charge in [0.2, 0.25) is 0 Å². The highest BCUT2D eigenvalue weighted by atomic mass is 79.9. The van der Waals surface area contributed by atoms with Gasteiger partial charge in [0.15, 0.2) is 0 Å². The third-order valence-corrected chi connectivity index (χ3v) is 5.36. The fraction of sp³-hybridized carbons (Fsp3) is 0.625. The number of hydrogen-bond donors (Lipinski definition) is 1. The van der Waals surface area contributed by atoms with Gasteiger partial charge in [0.05, 0.1) is 0 Å². The van der Waals surface area contributed by atoms with Crippen LogP contribution < -0.4 is 5.73 Å². The maximum absolute atomic E-state index is 6.15. The molecule has 0 aromatic heterocycles. The zero-order valence-electron chi connectivity index (χ0n) is 11.9. The molecule has 1 aliphatic rings. The molecule has 2 rings (SSSR count). The Morgan fingerprint density at radius 1 is 1.16 bits per heavy atom. The van der Waals surface area contributed by atoms with Crippen molar-refractivity contribution in [2.75, 3.05) is 13.6 Å². The first-order valence-corrected chi connectivity index (χ1v) is 8.12. The first-order valence-electron chi connectivity index (χ1n) is 7.33. The fourth-order valence-electron chi connectivity index (χ4n) is 3.18. The molecule has 3 heteroatoms. The molecule has 106 valence electrons. The van der Waals surface area contributed by atoms with Crippen LogP contribution >= 0.6 is 15.9 Å². The average molecular weight is 325 g/mol. The molecule has 1 aromatic carbocycles. The third-order valence-electron chi connectivity index (χ3n) is 4.59. The predicted molar refractivity (Wildman–Crippen MR) is 85.1 cm³/mol. The minimum absolute atomic E-state index is 0.200. The van der Waals surface area contributed by atoms with Gasteiger partial charge in [-0.2, -0.15) is 0 Å².